The molecule has 1 N–H and O–H groups in total. The molecule has 14 heavy (non-hydrogen) atoms. The van der Waals surface area contributed by atoms with Crippen molar-refractivity contribution in [3.8, 4) is 0 Å². The lowest BCUT2D eigenvalue weighted by molar-refractivity contribution is 0.281. The minimum Gasteiger partial charge on any atom is -0.392 e. The van der Waals surface area contributed by atoms with Crippen LogP contribution in [0, 0.1) is 6.92 Å². The lowest BCUT2D eigenvalue weighted by Gasteiger charge is -1.93. The van der Waals surface area contributed by atoms with Crippen molar-refractivity contribution in [3.63, 3.8) is 0 Å². The van der Waals surface area contributed by atoms with E-state index in [0.717, 1.165) is 11.3 Å². The number of aryl methyl sites for hydroxylation is 1. The standard InChI is InChI=1S/C7H9NO.C5H12/c1-6-2-3-7(5-9)4-8-6;1-3-5-4-2/h2-4,9H,5H2,1H3;3-5H2,1-2H3. The Balaban J connectivity index is 0.000000292. The van der Waals surface area contributed by atoms with Crippen molar-refractivity contribution in [2.45, 2.75) is 46.6 Å². The van der Waals surface area contributed by atoms with Gasteiger partial charge in [0, 0.05) is 11.9 Å². The van der Waals surface area contributed by atoms with Crippen LogP contribution in [0.3, 0.4) is 0 Å². The fourth-order valence-corrected chi connectivity index (χ4v) is 0.946. The molecule has 0 fully saturated rings. The van der Waals surface area contributed by atoms with E-state index in [9.17, 15) is 0 Å². The SMILES string of the molecule is CCCCC.Cc1ccc(CO)cn1. The molecule has 80 valence electrons. The van der Waals surface area contributed by atoms with E-state index in [1.54, 1.807) is 6.20 Å². The second-order valence-corrected chi connectivity index (χ2v) is 3.32. The molecule has 0 aliphatic rings. The van der Waals surface area contributed by atoms with Crippen molar-refractivity contribution in [2.75, 3.05) is 0 Å². The predicted octanol–water partition coefficient (Wildman–Crippen LogP) is 3.08. The molecule has 1 aromatic heterocycles. The van der Waals surface area contributed by atoms with Crippen molar-refractivity contribution in [1.82, 2.24) is 4.98 Å². The van der Waals surface area contributed by atoms with Gasteiger partial charge in [-0.1, -0.05) is 39.2 Å². The van der Waals surface area contributed by atoms with Gasteiger partial charge in [0.2, 0.25) is 0 Å². The first-order valence-corrected chi connectivity index (χ1v) is 5.27. The number of hydrogen-bond acceptors (Lipinski definition) is 2. The Kier molecular flexibility index (Phi) is 8.14. The van der Waals surface area contributed by atoms with E-state index in [-0.39, 0.29) is 6.61 Å². The van der Waals surface area contributed by atoms with Crippen molar-refractivity contribution < 1.29 is 5.11 Å². The topological polar surface area (TPSA) is 33.1 Å². The number of aliphatic hydroxyl groups excluding tert-OH is 1. The van der Waals surface area contributed by atoms with Crippen LogP contribution >= 0.6 is 0 Å². The molecular formula is C12H21NO. The highest BCUT2D eigenvalue weighted by atomic mass is 16.3. The smallest absolute Gasteiger partial charge is 0.0696 e. The molecule has 0 aliphatic carbocycles. The number of hydrogen-bond donors (Lipinski definition) is 1. The molecule has 0 spiro atoms. The number of nitrogens with zero attached hydrogens (tertiary/aromatic N) is 1. The van der Waals surface area contributed by atoms with Crippen LogP contribution < -0.4 is 0 Å². The quantitative estimate of drug-likeness (QED) is 0.804. The van der Waals surface area contributed by atoms with E-state index in [0.29, 0.717) is 0 Å². The minimum atomic E-state index is 0.0767. The van der Waals surface area contributed by atoms with Gasteiger partial charge in [0.25, 0.3) is 0 Å². The van der Waals surface area contributed by atoms with Crippen LogP contribution in [0.2, 0.25) is 0 Å². The molecule has 0 atom stereocenters. The van der Waals surface area contributed by atoms with Gasteiger partial charge in [-0.2, -0.15) is 0 Å². The van der Waals surface area contributed by atoms with Gasteiger partial charge in [-0.05, 0) is 18.6 Å². The Morgan fingerprint density at radius 3 is 2.14 bits per heavy atom. The maximum absolute atomic E-state index is 8.59. The number of aliphatic hydroxyl groups is 1. The van der Waals surface area contributed by atoms with Crippen LogP contribution in [0.5, 0.6) is 0 Å². The largest absolute Gasteiger partial charge is 0.392 e. The first-order chi connectivity index (χ1) is 6.74. The summed E-state index contributed by atoms with van der Waals surface area (Å²) in [6.45, 7) is 6.42. The lowest BCUT2D eigenvalue weighted by Crippen LogP contribution is -1.85. The molecule has 1 heterocycles. The van der Waals surface area contributed by atoms with Gasteiger partial charge >= 0.3 is 0 Å². The van der Waals surface area contributed by atoms with Crippen LogP contribution in [0.4, 0.5) is 0 Å². The van der Waals surface area contributed by atoms with Gasteiger partial charge in [0.15, 0.2) is 0 Å². The average molecular weight is 195 g/mol. The van der Waals surface area contributed by atoms with Crippen molar-refractivity contribution in [2.24, 2.45) is 0 Å². The van der Waals surface area contributed by atoms with Crippen LogP contribution in [-0.2, 0) is 6.61 Å². The Labute approximate surface area is 87.0 Å². The molecule has 2 heteroatoms. The number of pyridine rings is 1. The summed E-state index contributed by atoms with van der Waals surface area (Å²) in [5, 5.41) is 8.59. The van der Waals surface area contributed by atoms with Gasteiger partial charge in [0.1, 0.15) is 0 Å². The molecule has 2 nitrogen and oxygen atoms in total. The molecule has 0 radical (unpaired) electrons. The number of aromatic nitrogens is 1. The van der Waals surface area contributed by atoms with E-state index < -0.39 is 0 Å². The highest BCUT2D eigenvalue weighted by Crippen LogP contribution is 1.97. The third kappa shape index (κ3) is 6.61. The van der Waals surface area contributed by atoms with Gasteiger partial charge in [-0.3, -0.25) is 4.98 Å². The van der Waals surface area contributed by atoms with Gasteiger partial charge in [0.05, 0.1) is 6.61 Å². The van der Waals surface area contributed by atoms with Crippen molar-refractivity contribution >= 4 is 0 Å². The second-order valence-electron chi connectivity index (χ2n) is 3.32. The zero-order chi connectivity index (χ0) is 10.8. The molecule has 0 saturated heterocycles. The molecule has 0 bridgehead atoms. The maximum Gasteiger partial charge on any atom is 0.0696 e. The number of rotatable bonds is 3. The summed E-state index contributed by atoms with van der Waals surface area (Å²) in [6, 6.07) is 3.74. The first-order valence-electron chi connectivity index (χ1n) is 5.27. The monoisotopic (exact) mass is 195 g/mol. The lowest BCUT2D eigenvalue weighted by atomic mass is 10.3. The summed E-state index contributed by atoms with van der Waals surface area (Å²) in [6.07, 6.45) is 5.75. The van der Waals surface area contributed by atoms with E-state index in [4.69, 9.17) is 5.11 Å². The average Bonchev–Trinajstić information content (AvgIpc) is 2.21. The zero-order valence-electron chi connectivity index (χ0n) is 9.45. The normalized spacial score (nSPS) is 9.14. The fraction of sp³-hybridized carbons (Fsp3) is 0.583. The Bertz CT molecular complexity index is 216. The van der Waals surface area contributed by atoms with Crippen LogP contribution in [0.25, 0.3) is 0 Å². The maximum atomic E-state index is 8.59. The molecule has 0 saturated carbocycles. The number of unbranched alkanes of at least 4 members (excludes halogenated alkanes) is 2. The summed E-state index contributed by atoms with van der Waals surface area (Å²) in [5.41, 5.74) is 1.84. The highest BCUT2D eigenvalue weighted by molar-refractivity contribution is 5.11. The molecular weight excluding hydrogens is 174 g/mol. The molecule has 0 unspecified atom stereocenters. The third-order valence-corrected chi connectivity index (χ3v) is 1.86. The van der Waals surface area contributed by atoms with E-state index >= 15 is 0 Å². The first kappa shape index (κ1) is 13.1. The van der Waals surface area contributed by atoms with Crippen molar-refractivity contribution in [1.29, 1.82) is 0 Å². The highest BCUT2D eigenvalue weighted by Gasteiger charge is 1.87. The minimum absolute atomic E-state index is 0.0767. The summed E-state index contributed by atoms with van der Waals surface area (Å²) in [5.74, 6) is 0. The van der Waals surface area contributed by atoms with Crippen molar-refractivity contribution in [3.05, 3.63) is 29.6 Å². The van der Waals surface area contributed by atoms with Gasteiger partial charge < -0.3 is 5.11 Å². The Morgan fingerprint density at radius 1 is 1.21 bits per heavy atom. The van der Waals surface area contributed by atoms with E-state index in [2.05, 4.69) is 18.8 Å². The summed E-state index contributed by atoms with van der Waals surface area (Å²) < 4.78 is 0. The Hall–Kier alpha value is -0.890. The summed E-state index contributed by atoms with van der Waals surface area (Å²) in [7, 11) is 0. The predicted molar refractivity (Wildman–Crippen MR) is 60.1 cm³/mol. The Morgan fingerprint density at radius 2 is 1.86 bits per heavy atom. The molecule has 0 aromatic carbocycles. The van der Waals surface area contributed by atoms with Gasteiger partial charge in [-0.25, -0.2) is 0 Å². The third-order valence-electron chi connectivity index (χ3n) is 1.86. The summed E-state index contributed by atoms with van der Waals surface area (Å²) >= 11 is 0. The molecule has 0 amide bonds. The van der Waals surface area contributed by atoms with E-state index in [1.165, 1.54) is 19.3 Å². The fourth-order valence-electron chi connectivity index (χ4n) is 0.946. The summed E-state index contributed by atoms with van der Waals surface area (Å²) in [4.78, 5) is 3.99. The molecule has 0 aliphatic heterocycles. The molecule has 1 rings (SSSR count). The van der Waals surface area contributed by atoms with Crippen LogP contribution in [0.15, 0.2) is 18.3 Å². The zero-order valence-corrected chi connectivity index (χ0v) is 9.45. The van der Waals surface area contributed by atoms with Crippen LogP contribution in [0.1, 0.15) is 44.4 Å². The van der Waals surface area contributed by atoms with Gasteiger partial charge in [-0.15, -0.1) is 0 Å². The van der Waals surface area contributed by atoms with E-state index in [1.807, 2.05) is 19.1 Å². The molecule has 1 aromatic rings. The van der Waals surface area contributed by atoms with Crippen LogP contribution in [-0.4, -0.2) is 10.1 Å². The second kappa shape index (κ2) is 8.70.